The summed E-state index contributed by atoms with van der Waals surface area (Å²) in [4.78, 5) is 35.0. The Morgan fingerprint density at radius 3 is 1.94 bits per heavy atom. The first kappa shape index (κ1) is 36.8. The molecule has 1 atom stereocenters. The van der Waals surface area contributed by atoms with Gasteiger partial charge in [0.05, 0.1) is 47.3 Å². The summed E-state index contributed by atoms with van der Waals surface area (Å²) in [5.41, 5.74) is 5.06. The first-order valence-corrected chi connectivity index (χ1v) is 20.3. The van der Waals surface area contributed by atoms with Crippen LogP contribution >= 0.6 is 0 Å². The molecule has 1 heterocycles. The Labute approximate surface area is 286 Å². The molecule has 0 radical (unpaired) electrons. The molecule has 0 N–H and O–H groups in total. The van der Waals surface area contributed by atoms with Gasteiger partial charge >= 0.3 is 17.9 Å². The maximum Gasteiger partial charge on any atom is 0.333 e. The molecule has 48 heavy (non-hydrogen) atoms. The minimum atomic E-state index is -1.38. The van der Waals surface area contributed by atoms with E-state index in [0.29, 0.717) is 25.2 Å². The van der Waals surface area contributed by atoms with Gasteiger partial charge in [0, 0.05) is 17.4 Å². The first-order chi connectivity index (χ1) is 23.0. The molecule has 0 aliphatic carbocycles. The number of carbonyl (C=O) groups is 3. The van der Waals surface area contributed by atoms with Crippen LogP contribution in [-0.2, 0) is 28.6 Å². The molecule has 4 rings (SSSR count). The topological polar surface area (TPSA) is 88.1 Å². The molecule has 7 nitrogen and oxygen atoms in total. The molecule has 3 aromatic carbocycles. The van der Waals surface area contributed by atoms with E-state index in [0.717, 1.165) is 23.3 Å². The van der Waals surface area contributed by atoms with E-state index in [9.17, 15) is 14.4 Å². The lowest BCUT2D eigenvalue weighted by Crippen LogP contribution is -2.40. The molecule has 1 fully saturated rings. The molecule has 1 unspecified atom stereocenters. The smallest absolute Gasteiger partial charge is 0.333 e. The molecule has 1 saturated heterocycles. The van der Waals surface area contributed by atoms with Crippen LogP contribution in [0.25, 0.3) is 22.3 Å². The van der Waals surface area contributed by atoms with Gasteiger partial charge in [-0.25, -0.2) is 4.79 Å². The van der Waals surface area contributed by atoms with Crippen LogP contribution in [0.1, 0.15) is 52.4 Å². The molecule has 3 aromatic rings. The van der Waals surface area contributed by atoms with Crippen LogP contribution in [0.3, 0.4) is 0 Å². The van der Waals surface area contributed by atoms with Gasteiger partial charge in [-0.3, -0.25) is 9.59 Å². The van der Waals surface area contributed by atoms with Crippen molar-refractivity contribution in [2.45, 2.75) is 71.5 Å². The van der Waals surface area contributed by atoms with Crippen LogP contribution < -0.4 is 9.92 Å². The zero-order valence-electron chi connectivity index (χ0n) is 28.9. The van der Waals surface area contributed by atoms with Gasteiger partial charge in [-0.05, 0) is 54.2 Å². The lowest BCUT2D eigenvalue weighted by atomic mass is 10.0. The predicted molar refractivity (Wildman–Crippen MR) is 193 cm³/mol. The Bertz CT molecular complexity index is 1490. The fourth-order valence-electron chi connectivity index (χ4n) is 5.84. The molecule has 0 amide bonds. The number of hydrogen-bond acceptors (Lipinski definition) is 7. The van der Waals surface area contributed by atoms with Crippen LogP contribution in [0.5, 0.6) is 5.75 Å². The van der Waals surface area contributed by atoms with Crippen molar-refractivity contribution in [3.8, 4) is 28.0 Å². The van der Waals surface area contributed by atoms with Gasteiger partial charge < -0.3 is 18.9 Å². The largest absolute Gasteiger partial charge is 0.494 e. The van der Waals surface area contributed by atoms with E-state index in [4.69, 9.17) is 14.2 Å². The monoisotopic (exact) mass is 670 g/mol. The normalized spacial score (nSPS) is 14.3. The van der Waals surface area contributed by atoms with Crippen LogP contribution in [0.2, 0.25) is 19.1 Å². The van der Waals surface area contributed by atoms with Crippen molar-refractivity contribution in [2.24, 2.45) is 11.8 Å². The second-order valence-corrected chi connectivity index (χ2v) is 18.4. The third kappa shape index (κ3) is 11.3. The Hall–Kier alpha value is -4.01. The van der Waals surface area contributed by atoms with Crippen molar-refractivity contribution in [2.75, 3.05) is 26.4 Å². The SMILES string of the molecule is C=C(C)C(=O)OCC(CCCOc1ccc(-c2ccc(-c3ccc([Si](C)(C)CCCC)cc3)cc2)cc1)COCC1CC(=O)OC(=O)C1. The van der Waals surface area contributed by atoms with Crippen molar-refractivity contribution in [1.82, 2.24) is 0 Å². The highest BCUT2D eigenvalue weighted by atomic mass is 28.3. The average molecular weight is 671 g/mol. The molecular formula is C40H50O7Si. The van der Waals surface area contributed by atoms with E-state index in [-0.39, 0.29) is 37.9 Å². The molecule has 256 valence electrons. The van der Waals surface area contributed by atoms with Gasteiger partial charge in [-0.15, -0.1) is 0 Å². The number of hydrogen-bond donors (Lipinski definition) is 0. The highest BCUT2D eigenvalue weighted by Gasteiger charge is 2.27. The molecule has 0 bridgehead atoms. The number of carbonyl (C=O) groups excluding carboxylic acids is 3. The number of ether oxygens (including phenoxy) is 4. The van der Waals surface area contributed by atoms with E-state index < -0.39 is 26.0 Å². The zero-order chi connectivity index (χ0) is 34.5. The summed E-state index contributed by atoms with van der Waals surface area (Å²) in [5, 5.41) is 1.52. The fourth-order valence-corrected chi connectivity index (χ4v) is 8.44. The Morgan fingerprint density at radius 1 is 0.854 bits per heavy atom. The number of unbranched alkanes of at least 4 members (excludes halogenated alkanes) is 1. The summed E-state index contributed by atoms with van der Waals surface area (Å²) in [6, 6.07) is 27.3. The van der Waals surface area contributed by atoms with Gasteiger partial charge in [0.25, 0.3) is 0 Å². The molecule has 1 aliphatic heterocycles. The minimum absolute atomic E-state index is 0.0640. The summed E-state index contributed by atoms with van der Waals surface area (Å²) < 4.78 is 21.8. The highest BCUT2D eigenvalue weighted by Crippen LogP contribution is 2.27. The van der Waals surface area contributed by atoms with Crippen LogP contribution in [-0.4, -0.2) is 52.4 Å². The fraction of sp³-hybridized carbons (Fsp3) is 0.425. The summed E-state index contributed by atoms with van der Waals surface area (Å²) in [5.74, 6) is -0.955. The third-order valence-corrected chi connectivity index (χ3v) is 12.4. The molecule has 8 heteroatoms. The maximum atomic E-state index is 12.0. The standard InChI is InChI=1S/C40H50O7Si/c1-6-7-23-48(4,5)37-20-16-35(17-21-37)33-12-10-32(11-13-33)34-14-18-36(19-15-34)45-22-8-9-30(28-46-40(43)29(2)3)26-44-27-31-24-38(41)47-39(42)25-31/h10-21,30-31H,2,6-9,22-28H2,1,3-5H3. The van der Waals surface area contributed by atoms with Crippen LogP contribution in [0.4, 0.5) is 0 Å². The van der Waals surface area contributed by atoms with E-state index in [1.165, 1.54) is 35.2 Å². The molecule has 0 aromatic heterocycles. The van der Waals surface area contributed by atoms with E-state index >= 15 is 0 Å². The summed E-state index contributed by atoms with van der Waals surface area (Å²) in [7, 11) is -1.38. The quantitative estimate of drug-likeness (QED) is 0.0444. The van der Waals surface area contributed by atoms with Crippen LogP contribution in [0.15, 0.2) is 84.9 Å². The van der Waals surface area contributed by atoms with Gasteiger partial charge in [0.15, 0.2) is 0 Å². The third-order valence-electron chi connectivity index (χ3n) is 8.90. The predicted octanol–water partition coefficient (Wildman–Crippen LogP) is 8.13. The number of rotatable bonds is 18. The van der Waals surface area contributed by atoms with Crippen molar-refractivity contribution >= 4 is 31.2 Å². The first-order valence-electron chi connectivity index (χ1n) is 17.1. The molecule has 0 spiro atoms. The van der Waals surface area contributed by atoms with Gasteiger partial charge in [0.1, 0.15) is 5.75 Å². The minimum Gasteiger partial charge on any atom is -0.494 e. The Kier molecular flexibility index (Phi) is 13.8. The second kappa shape index (κ2) is 17.9. The van der Waals surface area contributed by atoms with Crippen LogP contribution in [0, 0.1) is 11.8 Å². The number of esters is 3. The van der Waals surface area contributed by atoms with Gasteiger partial charge in [-0.1, -0.05) is 111 Å². The Balaban J connectivity index is 1.25. The zero-order valence-corrected chi connectivity index (χ0v) is 29.9. The maximum absolute atomic E-state index is 12.0. The average Bonchev–Trinajstić information content (AvgIpc) is 3.07. The van der Waals surface area contributed by atoms with Gasteiger partial charge in [0.2, 0.25) is 0 Å². The lowest BCUT2D eigenvalue weighted by Gasteiger charge is -2.23. The molecule has 1 aliphatic rings. The van der Waals surface area contributed by atoms with E-state index in [1.54, 1.807) is 6.92 Å². The summed E-state index contributed by atoms with van der Waals surface area (Å²) in [6.07, 6.45) is 4.31. The van der Waals surface area contributed by atoms with Crippen molar-refractivity contribution in [3.63, 3.8) is 0 Å². The summed E-state index contributed by atoms with van der Waals surface area (Å²) >= 11 is 0. The lowest BCUT2D eigenvalue weighted by molar-refractivity contribution is -0.166. The number of cyclic esters (lactones) is 2. The molecular weight excluding hydrogens is 621 g/mol. The Morgan fingerprint density at radius 2 is 1.40 bits per heavy atom. The highest BCUT2D eigenvalue weighted by molar-refractivity contribution is 6.89. The molecule has 0 saturated carbocycles. The van der Waals surface area contributed by atoms with Gasteiger partial charge in [-0.2, -0.15) is 0 Å². The van der Waals surface area contributed by atoms with Crippen molar-refractivity contribution in [3.05, 3.63) is 84.9 Å². The summed E-state index contributed by atoms with van der Waals surface area (Å²) in [6.45, 7) is 13.7. The van der Waals surface area contributed by atoms with E-state index in [1.807, 2.05) is 12.1 Å². The van der Waals surface area contributed by atoms with E-state index in [2.05, 4.69) is 92.0 Å². The number of benzene rings is 3. The van der Waals surface area contributed by atoms with Crippen molar-refractivity contribution < 1.29 is 33.3 Å². The van der Waals surface area contributed by atoms with Crippen molar-refractivity contribution in [1.29, 1.82) is 0 Å². The second-order valence-electron chi connectivity index (χ2n) is 13.6.